The van der Waals surface area contributed by atoms with Crippen LogP contribution in [0.25, 0.3) is 0 Å². The lowest BCUT2D eigenvalue weighted by molar-refractivity contribution is 0.102. The maximum Gasteiger partial charge on any atom is 0.257 e. The summed E-state index contributed by atoms with van der Waals surface area (Å²) in [6, 6.07) is 16.3. The van der Waals surface area contributed by atoms with Crippen molar-refractivity contribution in [2.45, 2.75) is 13.3 Å². The molecule has 0 radical (unpaired) electrons. The van der Waals surface area contributed by atoms with Crippen molar-refractivity contribution in [2.24, 2.45) is 0 Å². The van der Waals surface area contributed by atoms with E-state index in [2.05, 4.69) is 10.3 Å². The van der Waals surface area contributed by atoms with E-state index < -0.39 is 0 Å². The second-order valence-electron chi connectivity index (χ2n) is 5.44. The second kappa shape index (κ2) is 7.47. The number of aryl methyl sites for hydroxylation is 1. The van der Waals surface area contributed by atoms with Crippen LogP contribution in [0, 0.1) is 18.3 Å². The number of carbonyl (C=O) groups is 1. The smallest absolute Gasteiger partial charge is 0.257 e. The number of benzene rings is 2. The number of carbonyl (C=O) groups excluding carboxylic acids is 1. The van der Waals surface area contributed by atoms with Crippen LogP contribution < -0.4 is 5.32 Å². The van der Waals surface area contributed by atoms with E-state index in [4.69, 9.17) is 16.9 Å². The Morgan fingerprint density at radius 1 is 1.28 bits per heavy atom. The summed E-state index contributed by atoms with van der Waals surface area (Å²) in [7, 11) is 0. The molecule has 1 N–H and O–H groups in total. The summed E-state index contributed by atoms with van der Waals surface area (Å²) in [5.74, 6) is -0.282. The highest BCUT2D eigenvalue weighted by molar-refractivity contribution is 7.15. The molecule has 0 unspecified atom stereocenters. The van der Waals surface area contributed by atoms with E-state index in [-0.39, 0.29) is 5.91 Å². The molecule has 25 heavy (non-hydrogen) atoms. The van der Waals surface area contributed by atoms with Crippen LogP contribution in [-0.2, 0) is 6.42 Å². The van der Waals surface area contributed by atoms with Gasteiger partial charge in [0.25, 0.3) is 5.91 Å². The lowest BCUT2D eigenvalue weighted by atomic mass is 10.1. The summed E-state index contributed by atoms with van der Waals surface area (Å²) < 4.78 is 0. The summed E-state index contributed by atoms with van der Waals surface area (Å²) in [5, 5.41) is 13.0. The van der Waals surface area contributed by atoms with E-state index in [1.165, 1.54) is 11.3 Å². The average molecular weight is 368 g/mol. The summed E-state index contributed by atoms with van der Waals surface area (Å²) in [5.41, 5.74) is 2.77. The van der Waals surface area contributed by atoms with Gasteiger partial charge in [-0.05, 0) is 36.8 Å². The van der Waals surface area contributed by atoms with Crippen molar-refractivity contribution in [2.75, 3.05) is 5.32 Å². The zero-order valence-electron chi connectivity index (χ0n) is 13.4. The zero-order chi connectivity index (χ0) is 17.8. The Morgan fingerprint density at radius 2 is 2.08 bits per heavy atom. The van der Waals surface area contributed by atoms with Gasteiger partial charge in [-0.15, -0.1) is 11.3 Å². The third-order valence-electron chi connectivity index (χ3n) is 3.68. The molecule has 3 rings (SSSR count). The minimum Gasteiger partial charge on any atom is -0.298 e. The highest BCUT2D eigenvalue weighted by atomic mass is 35.5. The molecule has 0 aliphatic heterocycles. The fraction of sp³-hybridized carbons (Fsp3) is 0.105. The summed E-state index contributed by atoms with van der Waals surface area (Å²) in [6.45, 7) is 1.91. The molecule has 0 fully saturated rings. The molecule has 4 nitrogen and oxygen atoms in total. The summed E-state index contributed by atoms with van der Waals surface area (Å²) >= 11 is 7.64. The average Bonchev–Trinajstić information content (AvgIpc) is 2.96. The van der Waals surface area contributed by atoms with Gasteiger partial charge in [0, 0.05) is 21.9 Å². The van der Waals surface area contributed by atoms with E-state index in [9.17, 15) is 4.79 Å². The Hall–Kier alpha value is -2.68. The van der Waals surface area contributed by atoms with Gasteiger partial charge < -0.3 is 0 Å². The van der Waals surface area contributed by atoms with Crippen molar-refractivity contribution in [3.8, 4) is 6.07 Å². The molecule has 0 spiro atoms. The van der Waals surface area contributed by atoms with Crippen LogP contribution in [0.5, 0.6) is 0 Å². The summed E-state index contributed by atoms with van der Waals surface area (Å²) in [4.78, 5) is 17.8. The summed E-state index contributed by atoms with van der Waals surface area (Å²) in [6.07, 6.45) is 0.670. The first kappa shape index (κ1) is 17.2. The molecule has 0 saturated heterocycles. The quantitative estimate of drug-likeness (QED) is 0.718. The number of nitriles is 1. The van der Waals surface area contributed by atoms with Crippen LogP contribution in [-0.4, -0.2) is 10.9 Å². The van der Waals surface area contributed by atoms with Crippen LogP contribution in [0.1, 0.15) is 32.1 Å². The SMILES string of the molecule is Cc1nc(NC(=O)c2cccc(C#N)c2)sc1Cc1ccccc1Cl. The number of amides is 1. The Balaban J connectivity index is 1.77. The van der Waals surface area contributed by atoms with Gasteiger partial charge in [0.2, 0.25) is 0 Å². The molecular formula is C19H14ClN3OS. The minimum atomic E-state index is -0.282. The first-order valence-corrected chi connectivity index (χ1v) is 8.77. The van der Waals surface area contributed by atoms with Gasteiger partial charge in [0.15, 0.2) is 5.13 Å². The fourth-order valence-electron chi connectivity index (χ4n) is 2.36. The minimum absolute atomic E-state index is 0.282. The number of hydrogen-bond donors (Lipinski definition) is 1. The number of thiazole rings is 1. The Bertz CT molecular complexity index is 975. The third-order valence-corrected chi connectivity index (χ3v) is 5.12. The molecule has 1 amide bonds. The van der Waals surface area contributed by atoms with E-state index in [1.54, 1.807) is 24.3 Å². The van der Waals surface area contributed by atoms with Gasteiger partial charge >= 0.3 is 0 Å². The fourth-order valence-corrected chi connectivity index (χ4v) is 3.54. The molecule has 1 aromatic heterocycles. The second-order valence-corrected chi connectivity index (χ2v) is 6.93. The lowest BCUT2D eigenvalue weighted by Crippen LogP contribution is -2.11. The maximum absolute atomic E-state index is 12.3. The van der Waals surface area contributed by atoms with Gasteiger partial charge in [0.1, 0.15) is 0 Å². The van der Waals surface area contributed by atoms with Gasteiger partial charge in [-0.2, -0.15) is 5.26 Å². The molecule has 0 aliphatic rings. The maximum atomic E-state index is 12.3. The zero-order valence-corrected chi connectivity index (χ0v) is 15.0. The molecule has 124 valence electrons. The number of halogens is 1. The molecule has 0 bridgehead atoms. The molecule has 0 saturated carbocycles. The Kier molecular flexibility index (Phi) is 5.13. The van der Waals surface area contributed by atoms with Crippen molar-refractivity contribution in [1.29, 1.82) is 5.26 Å². The monoisotopic (exact) mass is 367 g/mol. The largest absolute Gasteiger partial charge is 0.298 e. The van der Waals surface area contributed by atoms with Crippen molar-refractivity contribution < 1.29 is 4.79 Å². The van der Waals surface area contributed by atoms with Crippen LogP contribution >= 0.6 is 22.9 Å². The van der Waals surface area contributed by atoms with E-state index >= 15 is 0 Å². The first-order valence-electron chi connectivity index (χ1n) is 7.58. The molecule has 3 aromatic rings. The third kappa shape index (κ3) is 4.05. The van der Waals surface area contributed by atoms with E-state index in [1.807, 2.05) is 37.3 Å². The van der Waals surface area contributed by atoms with Gasteiger partial charge in [0.05, 0.1) is 17.3 Å². The number of aromatic nitrogens is 1. The van der Waals surface area contributed by atoms with Crippen LogP contribution in [0.3, 0.4) is 0 Å². The number of rotatable bonds is 4. The molecule has 1 heterocycles. The number of hydrogen-bond acceptors (Lipinski definition) is 4. The number of anilines is 1. The van der Waals surface area contributed by atoms with Crippen LogP contribution in [0.4, 0.5) is 5.13 Å². The van der Waals surface area contributed by atoms with Gasteiger partial charge in [-0.1, -0.05) is 35.9 Å². The predicted molar refractivity (Wildman–Crippen MR) is 100 cm³/mol. The lowest BCUT2D eigenvalue weighted by Gasteiger charge is -2.02. The molecule has 0 atom stereocenters. The highest BCUT2D eigenvalue weighted by Crippen LogP contribution is 2.28. The van der Waals surface area contributed by atoms with Crippen LogP contribution in [0.15, 0.2) is 48.5 Å². The predicted octanol–water partition coefficient (Wildman–Crippen LogP) is 4.82. The Morgan fingerprint density at radius 3 is 2.84 bits per heavy atom. The van der Waals surface area contributed by atoms with Crippen LogP contribution in [0.2, 0.25) is 5.02 Å². The number of nitrogens with one attached hydrogen (secondary N) is 1. The van der Waals surface area contributed by atoms with Gasteiger partial charge in [-0.3, -0.25) is 10.1 Å². The van der Waals surface area contributed by atoms with Crippen molar-refractivity contribution in [1.82, 2.24) is 4.98 Å². The van der Waals surface area contributed by atoms with E-state index in [0.29, 0.717) is 27.7 Å². The topological polar surface area (TPSA) is 65.8 Å². The van der Waals surface area contributed by atoms with Gasteiger partial charge in [-0.25, -0.2) is 4.98 Å². The standard InChI is InChI=1S/C19H14ClN3OS/c1-12-17(10-14-6-2-3-8-16(14)20)25-19(22-12)23-18(24)15-7-4-5-13(9-15)11-21/h2-9H,10H2,1H3,(H,22,23,24). The van der Waals surface area contributed by atoms with E-state index in [0.717, 1.165) is 16.1 Å². The van der Waals surface area contributed by atoms with Crippen molar-refractivity contribution in [3.05, 3.63) is 80.8 Å². The number of nitrogens with zero attached hydrogens (tertiary/aromatic N) is 2. The highest BCUT2D eigenvalue weighted by Gasteiger charge is 2.13. The molecule has 6 heteroatoms. The molecule has 2 aromatic carbocycles. The molecular weight excluding hydrogens is 354 g/mol. The molecule has 0 aliphatic carbocycles. The first-order chi connectivity index (χ1) is 12.1. The Labute approximate surface area is 154 Å². The normalized spacial score (nSPS) is 10.3. The van der Waals surface area contributed by atoms with Crippen molar-refractivity contribution in [3.63, 3.8) is 0 Å². The van der Waals surface area contributed by atoms with Crippen molar-refractivity contribution >= 4 is 34.0 Å².